The fourth-order valence-corrected chi connectivity index (χ4v) is 4.57. The maximum absolute atomic E-state index is 13.0. The average molecular weight is 314 g/mol. The molecule has 0 amide bonds. The number of carbonyl (C=O) groups is 2. The zero-order valence-electron chi connectivity index (χ0n) is 14.5. The van der Waals surface area contributed by atoms with Gasteiger partial charge in [-0.15, -0.1) is 0 Å². The molecule has 1 aromatic rings. The van der Waals surface area contributed by atoms with Crippen LogP contribution >= 0.6 is 0 Å². The Morgan fingerprint density at radius 3 is 1.87 bits per heavy atom. The third-order valence-corrected chi connectivity index (χ3v) is 5.70. The average Bonchev–Trinajstić information content (AvgIpc) is 3.07. The van der Waals surface area contributed by atoms with E-state index in [1.807, 2.05) is 0 Å². The summed E-state index contributed by atoms with van der Waals surface area (Å²) in [6, 6.07) is 4.28. The quantitative estimate of drug-likeness (QED) is 0.800. The lowest BCUT2D eigenvalue weighted by Gasteiger charge is -2.20. The highest BCUT2D eigenvalue weighted by Crippen LogP contribution is 2.48. The smallest absolute Gasteiger partial charge is 0.151 e. The molecule has 2 saturated carbocycles. The number of hydrogen-bond acceptors (Lipinski definition) is 3. The van der Waals surface area contributed by atoms with Crippen LogP contribution in [0.5, 0.6) is 0 Å². The number of Topliss-reactive ketones (excluding diaryl/α,β-unsaturated/α-hetero) is 2. The van der Waals surface area contributed by atoms with Gasteiger partial charge in [0.15, 0.2) is 11.6 Å². The molecule has 0 bridgehead atoms. The van der Waals surface area contributed by atoms with E-state index in [0.29, 0.717) is 12.8 Å². The summed E-state index contributed by atoms with van der Waals surface area (Å²) in [4.78, 5) is 26.0. The maximum Gasteiger partial charge on any atom is 0.151 e. The molecule has 1 aromatic carbocycles. The van der Waals surface area contributed by atoms with Crippen molar-refractivity contribution in [2.45, 2.75) is 58.5 Å². The lowest BCUT2D eigenvalue weighted by atomic mass is 9.83. The van der Waals surface area contributed by atoms with E-state index in [9.17, 15) is 9.59 Å². The van der Waals surface area contributed by atoms with Crippen molar-refractivity contribution in [3.8, 4) is 0 Å². The lowest BCUT2D eigenvalue weighted by molar-refractivity contribution is -0.126. The summed E-state index contributed by atoms with van der Waals surface area (Å²) < 4.78 is 5.39. The first kappa shape index (κ1) is 16.4. The fraction of sp³-hybridized carbons (Fsp3) is 0.600. The van der Waals surface area contributed by atoms with Gasteiger partial charge in [0, 0.05) is 18.9 Å². The summed E-state index contributed by atoms with van der Waals surface area (Å²) in [7, 11) is 1.67. The molecule has 124 valence electrons. The summed E-state index contributed by atoms with van der Waals surface area (Å²) in [5.41, 5.74) is 4.55. The van der Waals surface area contributed by atoms with Gasteiger partial charge in [0.05, 0.1) is 6.10 Å². The monoisotopic (exact) mass is 314 g/mol. The third kappa shape index (κ3) is 2.55. The first-order valence-corrected chi connectivity index (χ1v) is 8.74. The zero-order valence-corrected chi connectivity index (χ0v) is 14.5. The topological polar surface area (TPSA) is 43.4 Å². The second-order valence-corrected chi connectivity index (χ2v) is 6.98. The molecule has 3 nitrogen and oxygen atoms in total. The standard InChI is InChI=1S/C20H26O3/c1-5-12-7-11(3)8-13(6-2)17(12)18-19(21)15-9-14(23-4)10-16(15)20(18)22/h7-8,14-16,18H,5-6,9-10H2,1-4H3. The van der Waals surface area contributed by atoms with Crippen LogP contribution in [0.4, 0.5) is 0 Å². The van der Waals surface area contributed by atoms with E-state index in [-0.39, 0.29) is 29.5 Å². The zero-order chi connectivity index (χ0) is 16.7. The maximum atomic E-state index is 13.0. The highest BCUT2D eigenvalue weighted by molar-refractivity contribution is 6.16. The second kappa shape index (κ2) is 6.20. The normalized spacial score (nSPS) is 30.1. The van der Waals surface area contributed by atoms with E-state index >= 15 is 0 Å². The van der Waals surface area contributed by atoms with Crippen LogP contribution < -0.4 is 0 Å². The van der Waals surface area contributed by atoms with Gasteiger partial charge in [0.25, 0.3) is 0 Å². The number of methoxy groups -OCH3 is 1. The Hall–Kier alpha value is -1.48. The minimum atomic E-state index is -0.534. The predicted octanol–water partition coefficient (Wildman–Crippen LogP) is 3.40. The van der Waals surface area contributed by atoms with E-state index in [1.54, 1.807) is 7.11 Å². The van der Waals surface area contributed by atoms with Crippen LogP contribution in [0.25, 0.3) is 0 Å². The number of aryl methyl sites for hydroxylation is 3. The molecule has 3 rings (SSSR count). The van der Waals surface area contributed by atoms with Gasteiger partial charge in [0.2, 0.25) is 0 Å². The molecule has 0 heterocycles. The number of ether oxygens (including phenoxy) is 1. The molecule has 0 aromatic heterocycles. The Labute approximate surface area is 138 Å². The van der Waals surface area contributed by atoms with Crippen LogP contribution in [-0.4, -0.2) is 24.8 Å². The number of hydrogen-bond donors (Lipinski definition) is 0. The minimum absolute atomic E-state index is 0.0631. The van der Waals surface area contributed by atoms with Crippen molar-refractivity contribution in [2.75, 3.05) is 7.11 Å². The van der Waals surface area contributed by atoms with Gasteiger partial charge in [-0.3, -0.25) is 9.59 Å². The van der Waals surface area contributed by atoms with E-state index in [0.717, 1.165) is 29.5 Å². The van der Waals surface area contributed by atoms with Crippen LogP contribution in [-0.2, 0) is 27.2 Å². The Morgan fingerprint density at radius 2 is 1.48 bits per heavy atom. The first-order valence-electron chi connectivity index (χ1n) is 8.74. The molecule has 0 radical (unpaired) electrons. The molecule has 23 heavy (non-hydrogen) atoms. The van der Waals surface area contributed by atoms with E-state index < -0.39 is 5.92 Å². The Balaban J connectivity index is 2.04. The van der Waals surface area contributed by atoms with Crippen molar-refractivity contribution in [3.63, 3.8) is 0 Å². The highest BCUT2D eigenvalue weighted by atomic mass is 16.5. The minimum Gasteiger partial charge on any atom is -0.381 e. The van der Waals surface area contributed by atoms with Crippen LogP contribution in [0.3, 0.4) is 0 Å². The Kier molecular flexibility index (Phi) is 4.41. The van der Waals surface area contributed by atoms with Gasteiger partial charge < -0.3 is 4.74 Å². The second-order valence-electron chi connectivity index (χ2n) is 6.98. The molecule has 2 unspecified atom stereocenters. The van der Waals surface area contributed by atoms with E-state index in [2.05, 4.69) is 32.9 Å². The Bertz CT molecular complexity index is 597. The van der Waals surface area contributed by atoms with Crippen molar-refractivity contribution >= 4 is 11.6 Å². The van der Waals surface area contributed by atoms with Gasteiger partial charge >= 0.3 is 0 Å². The molecule has 2 atom stereocenters. The summed E-state index contributed by atoms with van der Waals surface area (Å²) in [6.07, 6.45) is 3.19. The molecule has 2 aliphatic rings. The molecule has 0 N–H and O–H groups in total. The highest BCUT2D eigenvalue weighted by Gasteiger charge is 2.54. The van der Waals surface area contributed by atoms with E-state index in [4.69, 9.17) is 4.74 Å². The van der Waals surface area contributed by atoms with Crippen LogP contribution in [0.15, 0.2) is 12.1 Å². The van der Waals surface area contributed by atoms with Gasteiger partial charge in [-0.05, 0) is 49.3 Å². The SMILES string of the molecule is CCc1cc(C)cc(CC)c1C1C(=O)C2CC(OC)CC2C1=O. The van der Waals surface area contributed by atoms with Crippen molar-refractivity contribution in [1.82, 2.24) is 0 Å². The molecular formula is C20H26O3. The van der Waals surface area contributed by atoms with E-state index in [1.165, 1.54) is 5.56 Å². The van der Waals surface area contributed by atoms with Gasteiger partial charge in [0.1, 0.15) is 5.92 Å². The fourth-order valence-electron chi connectivity index (χ4n) is 4.57. The van der Waals surface area contributed by atoms with Crippen molar-refractivity contribution in [1.29, 1.82) is 0 Å². The molecule has 0 saturated heterocycles. The summed E-state index contributed by atoms with van der Waals surface area (Å²) in [5.74, 6) is -0.532. The van der Waals surface area contributed by atoms with Crippen molar-refractivity contribution in [3.05, 3.63) is 34.4 Å². The molecule has 0 spiro atoms. The number of ketones is 2. The van der Waals surface area contributed by atoms with Gasteiger partial charge in [-0.1, -0.05) is 31.5 Å². The summed E-state index contributed by atoms with van der Waals surface area (Å²) in [5, 5.41) is 0. The molecule has 0 aliphatic heterocycles. The summed E-state index contributed by atoms with van der Waals surface area (Å²) in [6.45, 7) is 6.28. The largest absolute Gasteiger partial charge is 0.381 e. The number of carbonyl (C=O) groups excluding carboxylic acids is 2. The molecular weight excluding hydrogens is 288 g/mol. The van der Waals surface area contributed by atoms with Gasteiger partial charge in [-0.25, -0.2) is 0 Å². The number of benzene rings is 1. The van der Waals surface area contributed by atoms with Gasteiger partial charge in [-0.2, -0.15) is 0 Å². The van der Waals surface area contributed by atoms with Crippen molar-refractivity contribution < 1.29 is 14.3 Å². The molecule has 2 fully saturated rings. The lowest BCUT2D eigenvalue weighted by Crippen LogP contribution is -2.22. The first-order chi connectivity index (χ1) is 11.0. The number of rotatable bonds is 4. The van der Waals surface area contributed by atoms with Crippen LogP contribution in [0, 0.1) is 18.8 Å². The third-order valence-electron chi connectivity index (χ3n) is 5.70. The van der Waals surface area contributed by atoms with Crippen molar-refractivity contribution in [2.24, 2.45) is 11.8 Å². The van der Waals surface area contributed by atoms with Crippen LogP contribution in [0.1, 0.15) is 54.9 Å². The molecule has 2 aliphatic carbocycles. The molecule has 3 heteroatoms. The summed E-state index contributed by atoms with van der Waals surface area (Å²) >= 11 is 0. The van der Waals surface area contributed by atoms with Crippen LogP contribution in [0.2, 0.25) is 0 Å². The Morgan fingerprint density at radius 1 is 1.00 bits per heavy atom. The predicted molar refractivity (Wildman–Crippen MR) is 89.7 cm³/mol. The number of fused-ring (bicyclic) bond motifs is 1.